The molecule has 8 nitrogen and oxygen atoms in total. The van der Waals surface area contributed by atoms with Crippen LogP contribution in [0.1, 0.15) is 59.8 Å². The summed E-state index contributed by atoms with van der Waals surface area (Å²) < 4.78 is 32.3. The number of amides is 1. The van der Waals surface area contributed by atoms with Gasteiger partial charge < -0.3 is 9.42 Å². The van der Waals surface area contributed by atoms with E-state index in [9.17, 15) is 13.2 Å². The Balaban J connectivity index is 1.31. The van der Waals surface area contributed by atoms with Crippen molar-refractivity contribution in [1.82, 2.24) is 19.3 Å². The van der Waals surface area contributed by atoms with Gasteiger partial charge in [0.15, 0.2) is 0 Å². The van der Waals surface area contributed by atoms with Crippen LogP contribution in [-0.2, 0) is 16.4 Å². The van der Waals surface area contributed by atoms with E-state index >= 15 is 0 Å². The summed E-state index contributed by atoms with van der Waals surface area (Å²) in [7, 11) is -3.30. The van der Waals surface area contributed by atoms with E-state index in [1.165, 1.54) is 0 Å². The lowest BCUT2D eigenvalue weighted by molar-refractivity contribution is 0.0682. The molecule has 2 aromatic heterocycles. The molecule has 0 spiro atoms. The number of pyridine rings is 1. The molecule has 0 aromatic carbocycles. The third kappa shape index (κ3) is 4.89. The van der Waals surface area contributed by atoms with Crippen molar-refractivity contribution in [1.29, 1.82) is 0 Å². The Morgan fingerprint density at radius 2 is 1.77 bits per heavy atom. The van der Waals surface area contributed by atoms with Gasteiger partial charge in [0.1, 0.15) is 0 Å². The second-order valence-electron chi connectivity index (χ2n) is 8.06. The first-order valence-corrected chi connectivity index (χ1v) is 12.3. The van der Waals surface area contributed by atoms with Gasteiger partial charge in [0.2, 0.25) is 15.8 Å². The van der Waals surface area contributed by atoms with Crippen LogP contribution in [0, 0.1) is 0 Å². The fourth-order valence-electron chi connectivity index (χ4n) is 4.19. The summed E-state index contributed by atoms with van der Waals surface area (Å²) in [6, 6.07) is 5.43. The molecule has 0 radical (unpaired) electrons. The molecule has 4 rings (SSSR count). The summed E-state index contributed by atoms with van der Waals surface area (Å²) in [4.78, 5) is 18.4. The van der Waals surface area contributed by atoms with Crippen LogP contribution >= 0.6 is 0 Å². The topological polar surface area (TPSA) is 96.6 Å². The molecule has 0 atom stereocenters. The van der Waals surface area contributed by atoms with Crippen molar-refractivity contribution < 1.29 is 17.7 Å². The zero-order valence-corrected chi connectivity index (χ0v) is 17.9. The fourth-order valence-corrected chi connectivity index (χ4v) is 5.71. The third-order valence-corrected chi connectivity index (χ3v) is 7.92. The van der Waals surface area contributed by atoms with Crippen LogP contribution in [0.3, 0.4) is 0 Å². The lowest BCUT2D eigenvalue weighted by Gasteiger charge is -2.30. The Morgan fingerprint density at radius 1 is 1.07 bits per heavy atom. The molecule has 9 heteroatoms. The number of aromatic nitrogens is 2. The van der Waals surface area contributed by atoms with E-state index in [4.69, 9.17) is 4.52 Å². The quantitative estimate of drug-likeness (QED) is 0.696. The number of sulfonamides is 1. The van der Waals surface area contributed by atoms with Gasteiger partial charge in [-0.2, -0.15) is 0 Å². The van der Waals surface area contributed by atoms with E-state index in [2.05, 4.69) is 10.1 Å². The van der Waals surface area contributed by atoms with E-state index in [-0.39, 0.29) is 17.6 Å². The Kier molecular flexibility index (Phi) is 6.48. The van der Waals surface area contributed by atoms with E-state index in [1.54, 1.807) is 22.8 Å². The van der Waals surface area contributed by atoms with Crippen LogP contribution < -0.4 is 0 Å². The van der Waals surface area contributed by atoms with Crippen LogP contribution in [0.5, 0.6) is 0 Å². The zero-order valence-electron chi connectivity index (χ0n) is 17.1. The number of hydrogen-bond donors (Lipinski definition) is 0. The Labute approximate surface area is 177 Å². The summed E-state index contributed by atoms with van der Waals surface area (Å²) in [6.07, 6.45) is 8.41. The van der Waals surface area contributed by atoms with Crippen LogP contribution in [0.15, 0.2) is 35.1 Å². The van der Waals surface area contributed by atoms with E-state index in [0.29, 0.717) is 38.1 Å². The highest BCUT2D eigenvalue weighted by molar-refractivity contribution is 7.89. The van der Waals surface area contributed by atoms with Crippen molar-refractivity contribution in [3.63, 3.8) is 0 Å². The number of carbonyl (C=O) groups is 1. The number of nitrogens with zero attached hydrogens (tertiary/aromatic N) is 4. The van der Waals surface area contributed by atoms with Gasteiger partial charge in [0, 0.05) is 50.6 Å². The van der Waals surface area contributed by atoms with Crippen LogP contribution in [0.2, 0.25) is 0 Å². The number of hydrogen-bond acceptors (Lipinski definition) is 6. The maximum absolute atomic E-state index is 12.7. The Bertz CT molecular complexity index is 946. The van der Waals surface area contributed by atoms with Gasteiger partial charge in [-0.1, -0.05) is 5.16 Å². The zero-order chi connectivity index (χ0) is 21.0. The van der Waals surface area contributed by atoms with E-state index < -0.39 is 10.0 Å². The number of aryl methyl sites for hydroxylation is 1. The van der Waals surface area contributed by atoms with Crippen molar-refractivity contribution in [2.45, 2.75) is 44.4 Å². The Morgan fingerprint density at radius 3 is 2.47 bits per heavy atom. The molecule has 0 N–H and O–H groups in total. The van der Waals surface area contributed by atoms with Gasteiger partial charge >= 0.3 is 0 Å². The highest BCUT2D eigenvalue weighted by atomic mass is 32.2. The minimum Gasteiger partial charge on any atom is -0.351 e. The maximum atomic E-state index is 12.7. The summed E-state index contributed by atoms with van der Waals surface area (Å²) >= 11 is 0. The van der Waals surface area contributed by atoms with Crippen LogP contribution in [0.25, 0.3) is 0 Å². The molecule has 0 bridgehead atoms. The Hall–Kier alpha value is -2.26. The van der Waals surface area contributed by atoms with Gasteiger partial charge in [-0.05, 0) is 56.2 Å². The third-order valence-electron chi connectivity index (χ3n) is 6.05. The lowest BCUT2D eigenvalue weighted by atomic mass is 9.94. The second-order valence-corrected chi connectivity index (χ2v) is 10.2. The number of likely N-dealkylation sites (tertiary alicyclic amines) is 1. The van der Waals surface area contributed by atoms with Gasteiger partial charge in [-0.25, -0.2) is 12.7 Å². The fraction of sp³-hybridized carbons (Fsp3) is 0.571. The molecule has 162 valence electrons. The average Bonchev–Trinajstić information content (AvgIpc) is 3.29. The average molecular weight is 433 g/mol. The molecule has 2 aliphatic rings. The summed E-state index contributed by atoms with van der Waals surface area (Å²) in [6.45, 7) is 2.46. The molecule has 30 heavy (non-hydrogen) atoms. The number of carbonyl (C=O) groups excluding carboxylic acids is 1. The molecule has 2 aromatic rings. The maximum Gasteiger partial charge on any atom is 0.292 e. The highest BCUT2D eigenvalue weighted by Gasteiger charge is 2.31. The first kappa shape index (κ1) is 21.0. The predicted molar refractivity (Wildman–Crippen MR) is 112 cm³/mol. The molecule has 0 unspecified atom stereocenters. The van der Waals surface area contributed by atoms with E-state index in [0.717, 1.165) is 43.6 Å². The summed E-state index contributed by atoms with van der Waals surface area (Å²) in [5, 5.41) is 4.12. The largest absolute Gasteiger partial charge is 0.351 e. The van der Waals surface area contributed by atoms with Crippen molar-refractivity contribution in [3.8, 4) is 0 Å². The normalized spacial score (nSPS) is 19.1. The lowest BCUT2D eigenvalue weighted by Crippen LogP contribution is -2.39. The van der Waals surface area contributed by atoms with Gasteiger partial charge in [-0.3, -0.25) is 9.78 Å². The smallest absolute Gasteiger partial charge is 0.292 e. The molecule has 2 fully saturated rings. The summed E-state index contributed by atoms with van der Waals surface area (Å²) in [5.74, 6) is 0.410. The molecular formula is C21H28N4O4S. The molecule has 2 saturated heterocycles. The standard InChI is InChI=1S/C21H28N4O4S/c26-21(24-11-2-1-3-12-24)20-16-19(23-29-20)18-6-13-25(14-7-18)30(27,28)15-8-17-4-9-22-10-5-17/h4-5,9-10,16,18H,1-3,6-8,11-15H2. The second kappa shape index (κ2) is 9.26. The van der Waals surface area contributed by atoms with Crippen molar-refractivity contribution in [3.05, 3.63) is 47.6 Å². The molecule has 1 amide bonds. The van der Waals surface area contributed by atoms with Crippen LogP contribution in [-0.4, -0.2) is 65.6 Å². The first-order valence-electron chi connectivity index (χ1n) is 10.7. The minimum absolute atomic E-state index is 0.0930. The summed E-state index contributed by atoms with van der Waals surface area (Å²) in [5.41, 5.74) is 1.72. The number of rotatable bonds is 6. The first-order chi connectivity index (χ1) is 14.5. The monoisotopic (exact) mass is 432 g/mol. The molecule has 0 aliphatic carbocycles. The highest BCUT2D eigenvalue weighted by Crippen LogP contribution is 2.29. The van der Waals surface area contributed by atoms with Gasteiger partial charge in [-0.15, -0.1) is 0 Å². The van der Waals surface area contributed by atoms with Gasteiger partial charge in [0.25, 0.3) is 5.91 Å². The molecule has 4 heterocycles. The van der Waals surface area contributed by atoms with Crippen LogP contribution in [0.4, 0.5) is 0 Å². The van der Waals surface area contributed by atoms with Crippen molar-refractivity contribution in [2.75, 3.05) is 31.9 Å². The van der Waals surface area contributed by atoms with Crippen molar-refractivity contribution in [2.24, 2.45) is 0 Å². The van der Waals surface area contributed by atoms with Gasteiger partial charge in [0.05, 0.1) is 11.4 Å². The SMILES string of the molecule is O=C(c1cc(C2CCN(S(=O)(=O)CCc3ccncc3)CC2)no1)N1CCCCC1. The number of piperidine rings is 2. The van der Waals surface area contributed by atoms with E-state index in [1.807, 2.05) is 17.0 Å². The molecule has 0 saturated carbocycles. The molecule has 2 aliphatic heterocycles. The predicted octanol–water partition coefficient (Wildman–Crippen LogP) is 2.45. The minimum atomic E-state index is -3.30. The molecular weight excluding hydrogens is 404 g/mol. The van der Waals surface area contributed by atoms with Crippen molar-refractivity contribution >= 4 is 15.9 Å².